The van der Waals surface area contributed by atoms with Crippen LogP contribution in [0.25, 0.3) is 10.6 Å². The van der Waals surface area contributed by atoms with Crippen molar-refractivity contribution in [1.82, 2.24) is 9.97 Å². The van der Waals surface area contributed by atoms with Crippen LogP contribution in [0.15, 0.2) is 48.1 Å². The molecule has 0 aliphatic carbocycles. The minimum absolute atomic E-state index is 0.297. The molecule has 3 heterocycles. The van der Waals surface area contributed by atoms with E-state index in [-0.39, 0.29) is 0 Å². The van der Waals surface area contributed by atoms with Gasteiger partial charge in [-0.15, -0.1) is 11.3 Å². The molecular weight excluding hydrogens is 374 g/mol. The standard InChI is InChI=1S/C16H9F4N3O2S/c17-15(18)16(19,20)25-12-6-9(3-4-11(12)24-15)22-14-8-21-7-10(23-14)13-2-1-5-26-13/h1-8H,(H,22,23). The third-order valence-electron chi connectivity index (χ3n) is 3.44. The van der Waals surface area contributed by atoms with Crippen LogP contribution in [0.4, 0.5) is 29.1 Å². The van der Waals surface area contributed by atoms with Crippen molar-refractivity contribution in [3.63, 3.8) is 0 Å². The molecule has 3 aromatic rings. The first-order valence-corrected chi connectivity index (χ1v) is 8.13. The Labute approximate surface area is 148 Å². The zero-order valence-corrected chi connectivity index (χ0v) is 13.6. The summed E-state index contributed by atoms with van der Waals surface area (Å²) in [6.45, 7) is 0. The van der Waals surface area contributed by atoms with Gasteiger partial charge in [-0.3, -0.25) is 4.98 Å². The van der Waals surface area contributed by atoms with E-state index in [2.05, 4.69) is 24.8 Å². The second-order valence-electron chi connectivity index (χ2n) is 5.29. The summed E-state index contributed by atoms with van der Waals surface area (Å²) in [5, 5.41) is 4.76. The van der Waals surface area contributed by atoms with E-state index in [1.165, 1.54) is 23.6 Å². The van der Waals surface area contributed by atoms with Crippen molar-refractivity contribution in [3.8, 4) is 22.1 Å². The molecule has 26 heavy (non-hydrogen) atoms. The molecule has 134 valence electrons. The third kappa shape index (κ3) is 2.92. The summed E-state index contributed by atoms with van der Waals surface area (Å²) in [7, 11) is 0. The summed E-state index contributed by atoms with van der Waals surface area (Å²) in [4.78, 5) is 9.35. The number of rotatable bonds is 3. The topological polar surface area (TPSA) is 56.3 Å². The predicted molar refractivity (Wildman–Crippen MR) is 86.2 cm³/mol. The smallest absolute Gasteiger partial charge is 0.421 e. The van der Waals surface area contributed by atoms with Crippen molar-refractivity contribution < 1.29 is 27.0 Å². The molecule has 0 saturated heterocycles. The molecule has 5 nitrogen and oxygen atoms in total. The maximum absolute atomic E-state index is 13.3. The Morgan fingerprint density at radius 1 is 0.962 bits per heavy atom. The number of anilines is 2. The molecule has 10 heteroatoms. The van der Waals surface area contributed by atoms with E-state index in [4.69, 9.17) is 0 Å². The highest BCUT2D eigenvalue weighted by Crippen LogP contribution is 2.47. The van der Waals surface area contributed by atoms with Crippen molar-refractivity contribution in [2.75, 3.05) is 5.32 Å². The number of alkyl halides is 4. The molecule has 2 aromatic heterocycles. The van der Waals surface area contributed by atoms with Crippen molar-refractivity contribution in [2.45, 2.75) is 12.2 Å². The van der Waals surface area contributed by atoms with E-state index in [9.17, 15) is 17.6 Å². The first-order valence-electron chi connectivity index (χ1n) is 7.25. The van der Waals surface area contributed by atoms with Gasteiger partial charge in [0.1, 0.15) is 11.5 Å². The number of hydrogen-bond acceptors (Lipinski definition) is 6. The molecule has 0 saturated carbocycles. The number of nitrogens with one attached hydrogen (secondary N) is 1. The number of aromatic nitrogens is 2. The summed E-state index contributed by atoms with van der Waals surface area (Å²) in [6, 6.07) is 7.36. The van der Waals surface area contributed by atoms with Crippen LogP contribution in [0.5, 0.6) is 11.5 Å². The molecular formula is C16H9F4N3O2S. The fraction of sp³-hybridized carbons (Fsp3) is 0.125. The Morgan fingerprint density at radius 2 is 1.73 bits per heavy atom. The molecule has 1 N–H and O–H groups in total. The van der Waals surface area contributed by atoms with Gasteiger partial charge in [0.2, 0.25) is 0 Å². The molecule has 4 rings (SSSR count). The lowest BCUT2D eigenvalue weighted by molar-refractivity contribution is -0.391. The summed E-state index contributed by atoms with van der Waals surface area (Å²) in [6.07, 6.45) is -6.48. The number of fused-ring (bicyclic) bond motifs is 1. The van der Waals surface area contributed by atoms with E-state index >= 15 is 0 Å². The summed E-state index contributed by atoms with van der Waals surface area (Å²) >= 11 is 1.49. The molecule has 0 amide bonds. The Balaban J connectivity index is 1.60. The van der Waals surface area contributed by atoms with E-state index in [1.807, 2.05) is 17.5 Å². The van der Waals surface area contributed by atoms with E-state index in [0.29, 0.717) is 17.2 Å². The minimum atomic E-state index is -4.77. The highest BCUT2D eigenvalue weighted by molar-refractivity contribution is 7.13. The predicted octanol–water partition coefficient (Wildman–Crippen LogP) is 4.91. The highest BCUT2D eigenvalue weighted by Gasteiger charge is 2.65. The number of thiophene rings is 1. The van der Waals surface area contributed by atoms with Crippen LogP contribution in [-0.2, 0) is 0 Å². The number of benzene rings is 1. The SMILES string of the molecule is FC1(F)Oc2ccc(Nc3cncc(-c4cccs4)n3)cc2OC1(F)F. The van der Waals surface area contributed by atoms with Crippen molar-refractivity contribution in [3.05, 3.63) is 48.1 Å². The van der Waals surface area contributed by atoms with E-state index < -0.39 is 23.7 Å². The van der Waals surface area contributed by atoms with Gasteiger partial charge in [-0.05, 0) is 23.6 Å². The fourth-order valence-corrected chi connectivity index (χ4v) is 2.94. The average molecular weight is 383 g/mol. The normalized spacial score (nSPS) is 16.9. The van der Waals surface area contributed by atoms with Crippen LogP contribution in [0.3, 0.4) is 0 Å². The first-order chi connectivity index (χ1) is 12.3. The fourth-order valence-electron chi connectivity index (χ4n) is 2.26. The third-order valence-corrected chi connectivity index (χ3v) is 4.33. The molecule has 0 atom stereocenters. The lowest BCUT2D eigenvalue weighted by Gasteiger charge is -2.31. The number of hydrogen-bond donors (Lipinski definition) is 1. The molecule has 0 spiro atoms. The summed E-state index contributed by atoms with van der Waals surface area (Å²) in [5.41, 5.74) is 0.930. The van der Waals surface area contributed by atoms with Gasteiger partial charge in [0.15, 0.2) is 11.5 Å². The second kappa shape index (κ2) is 5.84. The van der Waals surface area contributed by atoms with E-state index in [0.717, 1.165) is 17.0 Å². The molecule has 1 aliphatic rings. The van der Waals surface area contributed by atoms with Gasteiger partial charge in [0.25, 0.3) is 0 Å². The van der Waals surface area contributed by atoms with Crippen LogP contribution in [-0.4, -0.2) is 22.2 Å². The van der Waals surface area contributed by atoms with Crippen molar-refractivity contribution in [1.29, 1.82) is 0 Å². The first kappa shape index (κ1) is 16.6. The zero-order valence-electron chi connectivity index (χ0n) is 12.7. The summed E-state index contributed by atoms with van der Waals surface area (Å²) < 4.78 is 61.1. The Morgan fingerprint density at radius 3 is 2.46 bits per heavy atom. The number of ether oxygens (including phenoxy) is 2. The maximum atomic E-state index is 13.3. The van der Waals surface area contributed by atoms with Gasteiger partial charge in [-0.1, -0.05) is 6.07 Å². The molecule has 0 radical (unpaired) electrons. The average Bonchev–Trinajstić information content (AvgIpc) is 3.11. The van der Waals surface area contributed by atoms with Crippen LogP contribution in [0, 0.1) is 0 Å². The van der Waals surface area contributed by atoms with Gasteiger partial charge < -0.3 is 14.8 Å². The van der Waals surface area contributed by atoms with E-state index in [1.54, 1.807) is 6.20 Å². The van der Waals surface area contributed by atoms with Crippen LogP contribution < -0.4 is 14.8 Å². The van der Waals surface area contributed by atoms with Gasteiger partial charge in [-0.25, -0.2) is 4.98 Å². The van der Waals surface area contributed by atoms with Crippen molar-refractivity contribution >= 4 is 22.8 Å². The van der Waals surface area contributed by atoms with Crippen molar-refractivity contribution in [2.24, 2.45) is 0 Å². The number of halogens is 4. The molecule has 0 unspecified atom stereocenters. The largest absolute Gasteiger partial charge is 0.507 e. The van der Waals surface area contributed by atoms with Gasteiger partial charge in [0, 0.05) is 11.8 Å². The van der Waals surface area contributed by atoms with Crippen LogP contribution in [0.1, 0.15) is 0 Å². The molecule has 0 bridgehead atoms. The zero-order chi connectivity index (χ0) is 18.4. The number of nitrogens with zero attached hydrogens (tertiary/aromatic N) is 2. The Bertz CT molecular complexity index is 950. The van der Waals surface area contributed by atoms with Gasteiger partial charge in [0.05, 0.1) is 17.3 Å². The molecule has 1 aliphatic heterocycles. The van der Waals surface area contributed by atoms with Crippen LogP contribution >= 0.6 is 11.3 Å². The monoisotopic (exact) mass is 383 g/mol. The summed E-state index contributed by atoms with van der Waals surface area (Å²) in [5.74, 6) is -0.636. The second-order valence-corrected chi connectivity index (χ2v) is 6.24. The van der Waals surface area contributed by atoms with Crippen LogP contribution in [0.2, 0.25) is 0 Å². The minimum Gasteiger partial charge on any atom is -0.421 e. The lowest BCUT2D eigenvalue weighted by Crippen LogP contribution is -2.52. The van der Waals surface area contributed by atoms with Gasteiger partial charge >= 0.3 is 12.2 Å². The lowest BCUT2D eigenvalue weighted by atomic mass is 10.2. The quantitative estimate of drug-likeness (QED) is 0.652. The highest BCUT2D eigenvalue weighted by atomic mass is 32.1. The Hall–Kier alpha value is -2.88. The molecule has 0 fully saturated rings. The molecule has 1 aromatic carbocycles. The van der Waals surface area contributed by atoms with Gasteiger partial charge in [-0.2, -0.15) is 17.6 Å². The maximum Gasteiger partial charge on any atom is 0.507 e. The Kier molecular flexibility index (Phi) is 3.72.